The molecule has 0 saturated carbocycles. The van der Waals surface area contributed by atoms with Crippen molar-refractivity contribution in [2.75, 3.05) is 6.61 Å². The number of carbonyl (C=O) groups excluding carboxylic acids is 2. The number of nitrogens with zero attached hydrogens (tertiary/aromatic N) is 1. The van der Waals surface area contributed by atoms with Crippen LogP contribution in [-0.2, 0) is 4.79 Å². The molecule has 23 heavy (non-hydrogen) atoms. The molecular formula is C16H14BrN3O3. The zero-order valence-electron chi connectivity index (χ0n) is 12.0. The molecule has 0 spiro atoms. The van der Waals surface area contributed by atoms with Crippen molar-refractivity contribution in [1.82, 2.24) is 5.43 Å². The number of ether oxygens (including phenoxy) is 1. The molecule has 0 radical (unpaired) electrons. The summed E-state index contributed by atoms with van der Waals surface area (Å²) >= 11 is 3.30. The number of hydrogen-bond donors (Lipinski definition) is 2. The molecule has 0 fully saturated rings. The average molecular weight is 376 g/mol. The van der Waals surface area contributed by atoms with E-state index >= 15 is 0 Å². The first-order chi connectivity index (χ1) is 11.1. The molecule has 3 N–H and O–H groups in total. The molecule has 0 unspecified atom stereocenters. The number of hydrazone groups is 1. The lowest BCUT2D eigenvalue weighted by Crippen LogP contribution is -2.20. The van der Waals surface area contributed by atoms with Gasteiger partial charge in [0.15, 0.2) is 6.61 Å². The van der Waals surface area contributed by atoms with Gasteiger partial charge < -0.3 is 10.5 Å². The molecule has 0 atom stereocenters. The molecule has 0 aliphatic heterocycles. The quantitative estimate of drug-likeness (QED) is 0.597. The highest BCUT2D eigenvalue weighted by Gasteiger charge is 2.05. The van der Waals surface area contributed by atoms with Gasteiger partial charge in [0.05, 0.1) is 6.21 Å². The van der Waals surface area contributed by atoms with E-state index in [2.05, 4.69) is 26.5 Å². The molecular weight excluding hydrogens is 362 g/mol. The minimum atomic E-state index is -0.569. The van der Waals surface area contributed by atoms with Crippen LogP contribution in [0.25, 0.3) is 0 Å². The predicted octanol–water partition coefficient (Wildman–Crippen LogP) is 2.08. The lowest BCUT2D eigenvalue weighted by Gasteiger charge is -2.06. The summed E-state index contributed by atoms with van der Waals surface area (Å²) in [5.74, 6) is -0.447. The molecule has 0 saturated heterocycles. The number of hydrogen-bond acceptors (Lipinski definition) is 4. The summed E-state index contributed by atoms with van der Waals surface area (Å²) in [7, 11) is 0. The number of para-hydroxylation sites is 1. The van der Waals surface area contributed by atoms with E-state index in [0.717, 1.165) is 4.47 Å². The molecule has 2 rings (SSSR count). The Morgan fingerprint density at radius 1 is 1.17 bits per heavy atom. The molecule has 2 aromatic rings. The Morgan fingerprint density at radius 3 is 2.57 bits per heavy atom. The van der Waals surface area contributed by atoms with Gasteiger partial charge in [-0.15, -0.1) is 0 Å². The van der Waals surface area contributed by atoms with E-state index in [1.807, 2.05) is 0 Å². The van der Waals surface area contributed by atoms with Crippen molar-refractivity contribution in [2.24, 2.45) is 10.8 Å². The van der Waals surface area contributed by atoms with Crippen LogP contribution in [0.4, 0.5) is 0 Å². The maximum atomic E-state index is 11.9. The zero-order valence-corrected chi connectivity index (χ0v) is 13.6. The second-order valence-electron chi connectivity index (χ2n) is 4.50. The molecule has 0 aliphatic carbocycles. The third-order valence-electron chi connectivity index (χ3n) is 2.77. The van der Waals surface area contributed by atoms with Gasteiger partial charge in [-0.3, -0.25) is 9.59 Å². The minimum absolute atomic E-state index is 0.226. The Hall–Kier alpha value is -2.67. The number of benzene rings is 2. The van der Waals surface area contributed by atoms with Crippen LogP contribution in [0.3, 0.4) is 0 Å². The third-order valence-corrected chi connectivity index (χ3v) is 3.29. The van der Waals surface area contributed by atoms with Gasteiger partial charge in [-0.05, 0) is 36.4 Å². The van der Waals surface area contributed by atoms with E-state index < -0.39 is 5.91 Å². The van der Waals surface area contributed by atoms with Crippen molar-refractivity contribution in [2.45, 2.75) is 0 Å². The van der Waals surface area contributed by atoms with Gasteiger partial charge in [-0.1, -0.05) is 28.1 Å². The largest absolute Gasteiger partial charge is 0.483 e. The van der Waals surface area contributed by atoms with Gasteiger partial charge in [-0.2, -0.15) is 5.10 Å². The van der Waals surface area contributed by atoms with Crippen molar-refractivity contribution < 1.29 is 14.3 Å². The summed E-state index contributed by atoms with van der Waals surface area (Å²) in [4.78, 5) is 22.7. The molecule has 0 bridgehead atoms. The number of primary amides is 1. The van der Waals surface area contributed by atoms with Crippen LogP contribution in [0.15, 0.2) is 58.1 Å². The van der Waals surface area contributed by atoms with Gasteiger partial charge in [0.25, 0.3) is 11.8 Å². The molecule has 2 amide bonds. The number of carbonyl (C=O) groups is 2. The predicted molar refractivity (Wildman–Crippen MR) is 90.3 cm³/mol. The normalized spacial score (nSPS) is 10.5. The third kappa shape index (κ3) is 5.23. The fourth-order valence-electron chi connectivity index (χ4n) is 1.69. The van der Waals surface area contributed by atoms with Gasteiger partial charge in [-0.25, -0.2) is 5.43 Å². The lowest BCUT2D eigenvalue weighted by atomic mass is 10.2. The average Bonchev–Trinajstić information content (AvgIpc) is 2.54. The summed E-state index contributed by atoms with van der Waals surface area (Å²) in [6, 6.07) is 13.9. The van der Waals surface area contributed by atoms with Crippen LogP contribution in [0.1, 0.15) is 15.9 Å². The van der Waals surface area contributed by atoms with Crippen LogP contribution in [0, 0.1) is 0 Å². The van der Waals surface area contributed by atoms with E-state index in [4.69, 9.17) is 10.5 Å². The Labute approximate surface area is 141 Å². The Kier molecular flexibility index (Phi) is 5.87. The highest BCUT2D eigenvalue weighted by molar-refractivity contribution is 9.10. The molecule has 0 heterocycles. The SMILES string of the molecule is NC(=O)COc1ccccc1/C=N/NC(=O)c1ccc(Br)cc1. The number of halogens is 1. The van der Waals surface area contributed by atoms with E-state index in [1.54, 1.807) is 48.5 Å². The van der Waals surface area contributed by atoms with E-state index in [-0.39, 0.29) is 12.5 Å². The van der Waals surface area contributed by atoms with Crippen LogP contribution in [0.5, 0.6) is 5.75 Å². The minimum Gasteiger partial charge on any atom is -0.483 e. The van der Waals surface area contributed by atoms with E-state index in [9.17, 15) is 9.59 Å². The highest BCUT2D eigenvalue weighted by Crippen LogP contribution is 2.15. The highest BCUT2D eigenvalue weighted by atomic mass is 79.9. The maximum Gasteiger partial charge on any atom is 0.271 e. The standard InChI is InChI=1S/C16H14BrN3O3/c17-13-7-5-11(6-8-13)16(22)20-19-9-12-3-1-2-4-14(12)23-10-15(18)21/h1-9H,10H2,(H2,18,21)(H,20,22)/b19-9+. The number of nitrogens with one attached hydrogen (secondary N) is 1. The Bertz CT molecular complexity index is 730. The molecule has 2 aromatic carbocycles. The second-order valence-corrected chi connectivity index (χ2v) is 5.41. The first-order valence-corrected chi connectivity index (χ1v) is 7.44. The van der Waals surface area contributed by atoms with Crippen molar-refractivity contribution in [3.05, 3.63) is 64.1 Å². The number of nitrogens with two attached hydrogens (primary N) is 1. The lowest BCUT2D eigenvalue weighted by molar-refractivity contribution is -0.119. The first-order valence-electron chi connectivity index (χ1n) is 6.65. The summed E-state index contributed by atoms with van der Waals surface area (Å²) in [6.07, 6.45) is 1.44. The smallest absolute Gasteiger partial charge is 0.271 e. The monoisotopic (exact) mass is 375 g/mol. The molecule has 7 heteroatoms. The van der Waals surface area contributed by atoms with Crippen molar-refractivity contribution in [1.29, 1.82) is 0 Å². The van der Waals surface area contributed by atoms with E-state index in [1.165, 1.54) is 6.21 Å². The van der Waals surface area contributed by atoms with Crippen molar-refractivity contribution >= 4 is 34.0 Å². The van der Waals surface area contributed by atoms with Crippen molar-refractivity contribution in [3.63, 3.8) is 0 Å². The molecule has 0 aromatic heterocycles. The Morgan fingerprint density at radius 2 is 1.87 bits per heavy atom. The van der Waals surface area contributed by atoms with Crippen LogP contribution < -0.4 is 15.9 Å². The summed E-state index contributed by atoms with van der Waals surface area (Å²) in [5, 5.41) is 3.90. The molecule has 0 aliphatic rings. The maximum absolute atomic E-state index is 11.9. The molecule has 6 nitrogen and oxygen atoms in total. The first kappa shape index (κ1) is 16.7. The van der Waals surface area contributed by atoms with Crippen molar-refractivity contribution in [3.8, 4) is 5.75 Å². The second kappa shape index (κ2) is 8.09. The molecule has 118 valence electrons. The fraction of sp³-hybridized carbons (Fsp3) is 0.0625. The van der Waals surface area contributed by atoms with Gasteiger partial charge in [0.2, 0.25) is 0 Å². The van der Waals surface area contributed by atoms with E-state index in [0.29, 0.717) is 16.9 Å². The summed E-state index contributed by atoms with van der Waals surface area (Å²) in [6.45, 7) is -0.226. The fourth-order valence-corrected chi connectivity index (χ4v) is 1.96. The van der Waals surface area contributed by atoms with Crippen LogP contribution in [0.2, 0.25) is 0 Å². The van der Waals surface area contributed by atoms with Gasteiger partial charge in [0, 0.05) is 15.6 Å². The van der Waals surface area contributed by atoms with Crippen LogP contribution in [-0.4, -0.2) is 24.6 Å². The number of rotatable bonds is 6. The summed E-state index contributed by atoms with van der Waals surface area (Å²) in [5.41, 5.74) is 8.58. The zero-order chi connectivity index (χ0) is 16.7. The Balaban J connectivity index is 2.01. The van der Waals surface area contributed by atoms with Crippen LogP contribution >= 0.6 is 15.9 Å². The van der Waals surface area contributed by atoms with Gasteiger partial charge in [0.1, 0.15) is 5.75 Å². The number of amides is 2. The summed E-state index contributed by atoms with van der Waals surface area (Å²) < 4.78 is 6.16. The van der Waals surface area contributed by atoms with Gasteiger partial charge >= 0.3 is 0 Å². The topological polar surface area (TPSA) is 93.8 Å².